The van der Waals surface area contributed by atoms with Crippen molar-refractivity contribution >= 4 is 21.8 Å². The maximum absolute atomic E-state index is 12.1. The van der Waals surface area contributed by atoms with Crippen molar-refractivity contribution < 1.29 is 9.32 Å². The van der Waals surface area contributed by atoms with Gasteiger partial charge in [0.15, 0.2) is 0 Å². The van der Waals surface area contributed by atoms with Crippen molar-refractivity contribution in [2.45, 2.75) is 13.5 Å². The Morgan fingerprint density at radius 1 is 1.39 bits per heavy atom. The van der Waals surface area contributed by atoms with Crippen LogP contribution in [0, 0.1) is 6.92 Å². The summed E-state index contributed by atoms with van der Waals surface area (Å²) in [6.45, 7) is 2.26. The highest BCUT2D eigenvalue weighted by atomic mass is 79.9. The molecule has 0 fully saturated rings. The number of hydrogen-bond donors (Lipinski definition) is 0. The fourth-order valence-electron chi connectivity index (χ4n) is 1.62. The lowest BCUT2D eigenvalue weighted by Gasteiger charge is -2.15. The van der Waals surface area contributed by atoms with Gasteiger partial charge in [0.2, 0.25) is 0 Å². The summed E-state index contributed by atoms with van der Waals surface area (Å²) in [5, 5.41) is 3.87. The van der Waals surface area contributed by atoms with Crippen molar-refractivity contribution in [2.75, 3.05) is 7.05 Å². The molecule has 4 nitrogen and oxygen atoms in total. The van der Waals surface area contributed by atoms with Crippen LogP contribution in [0.2, 0.25) is 0 Å². The van der Waals surface area contributed by atoms with Crippen LogP contribution in [0.25, 0.3) is 0 Å². The highest BCUT2D eigenvalue weighted by Crippen LogP contribution is 2.13. The largest absolute Gasteiger partial charge is 0.361 e. The van der Waals surface area contributed by atoms with Gasteiger partial charge in [0.1, 0.15) is 11.5 Å². The van der Waals surface area contributed by atoms with Crippen LogP contribution >= 0.6 is 15.9 Å². The Morgan fingerprint density at radius 3 is 2.61 bits per heavy atom. The summed E-state index contributed by atoms with van der Waals surface area (Å²) >= 11 is 3.34. The maximum atomic E-state index is 12.1. The zero-order valence-electron chi connectivity index (χ0n) is 10.2. The van der Waals surface area contributed by atoms with Gasteiger partial charge in [-0.3, -0.25) is 4.79 Å². The molecule has 0 aliphatic heterocycles. The molecule has 18 heavy (non-hydrogen) atoms. The van der Waals surface area contributed by atoms with Gasteiger partial charge < -0.3 is 9.42 Å². The molecule has 0 unspecified atom stereocenters. The predicted octanol–water partition coefficient (Wildman–Crippen LogP) is 3.02. The lowest BCUT2D eigenvalue weighted by molar-refractivity contribution is 0.0782. The Labute approximate surface area is 114 Å². The van der Waals surface area contributed by atoms with Crippen LogP contribution in [0.3, 0.4) is 0 Å². The van der Waals surface area contributed by atoms with Crippen LogP contribution in [0.15, 0.2) is 39.3 Å². The maximum Gasteiger partial charge on any atom is 0.253 e. The molecule has 0 N–H and O–H groups in total. The number of halogens is 1. The van der Waals surface area contributed by atoms with E-state index in [4.69, 9.17) is 4.52 Å². The topological polar surface area (TPSA) is 46.3 Å². The van der Waals surface area contributed by atoms with Crippen LogP contribution in [0.5, 0.6) is 0 Å². The van der Waals surface area contributed by atoms with Gasteiger partial charge in [-0.1, -0.05) is 21.1 Å². The SMILES string of the molecule is Cc1cc(CN(C)C(=O)c2ccc(Br)cc2)no1. The summed E-state index contributed by atoms with van der Waals surface area (Å²) in [4.78, 5) is 13.7. The fourth-order valence-corrected chi connectivity index (χ4v) is 1.88. The zero-order valence-corrected chi connectivity index (χ0v) is 11.8. The van der Waals surface area contributed by atoms with E-state index < -0.39 is 0 Å². The molecule has 0 bridgehead atoms. The first-order valence-corrected chi connectivity index (χ1v) is 6.29. The number of aryl methyl sites for hydroxylation is 1. The lowest BCUT2D eigenvalue weighted by atomic mass is 10.2. The second kappa shape index (κ2) is 5.35. The summed E-state index contributed by atoms with van der Waals surface area (Å²) in [5.74, 6) is 0.706. The first kappa shape index (κ1) is 12.8. The number of benzene rings is 1. The molecule has 0 aliphatic carbocycles. The lowest BCUT2D eigenvalue weighted by Crippen LogP contribution is -2.26. The van der Waals surface area contributed by atoms with E-state index in [1.807, 2.05) is 25.1 Å². The number of aromatic nitrogens is 1. The van der Waals surface area contributed by atoms with E-state index in [0.717, 1.165) is 15.9 Å². The monoisotopic (exact) mass is 308 g/mol. The third-order valence-corrected chi connectivity index (χ3v) is 3.04. The summed E-state index contributed by atoms with van der Waals surface area (Å²) in [6.07, 6.45) is 0. The minimum Gasteiger partial charge on any atom is -0.361 e. The van der Waals surface area contributed by atoms with Crippen molar-refractivity contribution in [1.82, 2.24) is 10.1 Å². The van der Waals surface area contributed by atoms with Gasteiger partial charge in [-0.15, -0.1) is 0 Å². The summed E-state index contributed by atoms with van der Waals surface area (Å²) in [7, 11) is 1.74. The molecule has 2 aromatic rings. The molecule has 94 valence electrons. The molecule has 1 aromatic heterocycles. The first-order valence-electron chi connectivity index (χ1n) is 5.49. The van der Waals surface area contributed by atoms with E-state index in [9.17, 15) is 4.79 Å². The molecule has 1 heterocycles. The van der Waals surface area contributed by atoms with E-state index in [1.54, 1.807) is 24.1 Å². The van der Waals surface area contributed by atoms with Gasteiger partial charge in [-0.2, -0.15) is 0 Å². The third kappa shape index (κ3) is 2.98. The smallest absolute Gasteiger partial charge is 0.253 e. The van der Waals surface area contributed by atoms with Gasteiger partial charge in [0.25, 0.3) is 5.91 Å². The second-order valence-corrected chi connectivity index (χ2v) is 5.01. The van der Waals surface area contributed by atoms with Gasteiger partial charge in [0, 0.05) is 23.2 Å². The molecule has 0 aliphatic rings. The number of nitrogens with zero attached hydrogens (tertiary/aromatic N) is 2. The van der Waals surface area contributed by atoms with E-state index in [1.165, 1.54) is 0 Å². The van der Waals surface area contributed by atoms with Crippen LogP contribution < -0.4 is 0 Å². The molecular weight excluding hydrogens is 296 g/mol. The summed E-state index contributed by atoms with van der Waals surface area (Å²) in [5.41, 5.74) is 1.40. The predicted molar refractivity (Wildman–Crippen MR) is 71.2 cm³/mol. The van der Waals surface area contributed by atoms with Crippen molar-refractivity contribution in [1.29, 1.82) is 0 Å². The molecule has 0 saturated carbocycles. The molecule has 1 aromatic carbocycles. The average molecular weight is 309 g/mol. The van der Waals surface area contributed by atoms with E-state index in [-0.39, 0.29) is 5.91 Å². The van der Waals surface area contributed by atoms with E-state index in [2.05, 4.69) is 21.1 Å². The van der Waals surface area contributed by atoms with Crippen molar-refractivity contribution in [2.24, 2.45) is 0 Å². The Morgan fingerprint density at radius 2 is 2.06 bits per heavy atom. The minimum atomic E-state index is -0.0387. The Kier molecular flexibility index (Phi) is 3.81. The van der Waals surface area contributed by atoms with Gasteiger partial charge in [0.05, 0.1) is 6.54 Å². The quantitative estimate of drug-likeness (QED) is 0.875. The number of carbonyl (C=O) groups is 1. The van der Waals surface area contributed by atoms with Crippen molar-refractivity contribution in [3.05, 3.63) is 51.8 Å². The van der Waals surface area contributed by atoms with Gasteiger partial charge >= 0.3 is 0 Å². The molecule has 5 heteroatoms. The number of rotatable bonds is 3. The third-order valence-electron chi connectivity index (χ3n) is 2.51. The zero-order chi connectivity index (χ0) is 13.1. The normalized spacial score (nSPS) is 10.4. The number of amides is 1. The van der Waals surface area contributed by atoms with Crippen molar-refractivity contribution in [3.63, 3.8) is 0 Å². The average Bonchev–Trinajstić information content (AvgIpc) is 2.75. The van der Waals surface area contributed by atoms with E-state index >= 15 is 0 Å². The number of carbonyl (C=O) groups excluding carboxylic acids is 1. The Balaban J connectivity index is 2.07. The van der Waals surface area contributed by atoms with Gasteiger partial charge in [-0.05, 0) is 31.2 Å². The molecule has 1 amide bonds. The van der Waals surface area contributed by atoms with E-state index in [0.29, 0.717) is 12.1 Å². The van der Waals surface area contributed by atoms with Crippen molar-refractivity contribution in [3.8, 4) is 0 Å². The molecule has 0 saturated heterocycles. The molecular formula is C13H13BrN2O2. The standard InChI is InChI=1S/C13H13BrN2O2/c1-9-7-12(15-18-9)8-16(2)13(17)10-3-5-11(14)6-4-10/h3-7H,8H2,1-2H3. The highest BCUT2D eigenvalue weighted by Gasteiger charge is 2.13. The molecule has 0 atom stereocenters. The first-order chi connectivity index (χ1) is 8.56. The Bertz CT molecular complexity index is 548. The van der Waals surface area contributed by atoms with Crippen LogP contribution in [-0.2, 0) is 6.54 Å². The van der Waals surface area contributed by atoms with Crippen LogP contribution in [-0.4, -0.2) is 23.0 Å². The highest BCUT2D eigenvalue weighted by molar-refractivity contribution is 9.10. The summed E-state index contributed by atoms with van der Waals surface area (Å²) in [6, 6.07) is 9.10. The molecule has 0 spiro atoms. The van der Waals surface area contributed by atoms with Crippen LogP contribution in [0.1, 0.15) is 21.8 Å². The molecule has 0 radical (unpaired) electrons. The fraction of sp³-hybridized carbons (Fsp3) is 0.231. The Hall–Kier alpha value is -1.62. The number of hydrogen-bond acceptors (Lipinski definition) is 3. The summed E-state index contributed by atoms with van der Waals surface area (Å²) < 4.78 is 5.93. The molecule has 2 rings (SSSR count). The second-order valence-electron chi connectivity index (χ2n) is 4.10. The van der Waals surface area contributed by atoms with Crippen LogP contribution in [0.4, 0.5) is 0 Å². The minimum absolute atomic E-state index is 0.0387. The van der Waals surface area contributed by atoms with Gasteiger partial charge in [-0.25, -0.2) is 0 Å².